The molecule has 0 radical (unpaired) electrons. The second-order valence-electron chi connectivity index (χ2n) is 8.97. The van der Waals surface area contributed by atoms with Gasteiger partial charge in [0.2, 0.25) is 0 Å². The van der Waals surface area contributed by atoms with Crippen LogP contribution in [-0.2, 0) is 19.1 Å². The van der Waals surface area contributed by atoms with Crippen LogP contribution in [0.15, 0.2) is 65.4 Å². The second kappa shape index (κ2) is 11.6. The summed E-state index contributed by atoms with van der Waals surface area (Å²) in [5.74, 6) is -2.16. The number of ether oxygens (including phenoxy) is 3. The smallest absolute Gasteiger partial charge is 0.414 e. The van der Waals surface area contributed by atoms with Gasteiger partial charge in [0.15, 0.2) is 0 Å². The number of carbonyl (C=O) groups excluding carboxylic acids is 3. The molecule has 0 aromatic heterocycles. The highest BCUT2D eigenvalue weighted by atomic mass is 16.6. The summed E-state index contributed by atoms with van der Waals surface area (Å²) in [6.07, 6.45) is -1.00. The van der Waals surface area contributed by atoms with E-state index < -0.39 is 35.0 Å². The number of methoxy groups -OCH3 is 1. The Morgan fingerprint density at radius 3 is 2.24 bits per heavy atom. The number of dihydropyridines is 1. The van der Waals surface area contributed by atoms with Gasteiger partial charge in [-0.1, -0.05) is 12.1 Å². The van der Waals surface area contributed by atoms with Gasteiger partial charge < -0.3 is 24.4 Å². The predicted molar refractivity (Wildman–Crippen MR) is 138 cm³/mol. The molecule has 1 heterocycles. The first-order valence-corrected chi connectivity index (χ1v) is 11.7. The summed E-state index contributed by atoms with van der Waals surface area (Å²) < 4.78 is 15.8. The summed E-state index contributed by atoms with van der Waals surface area (Å²) in [5, 5.41) is 14.6. The topological polar surface area (TPSA) is 137 Å². The monoisotopic (exact) mass is 523 g/mol. The minimum Gasteiger partial charge on any atom is -0.466 e. The van der Waals surface area contributed by atoms with Gasteiger partial charge in [0, 0.05) is 31.9 Å². The average molecular weight is 524 g/mol. The maximum atomic E-state index is 13.2. The molecule has 1 aliphatic heterocycles. The molecule has 0 spiro atoms. The number of nitrogens with zero attached hydrogens (tertiary/aromatic N) is 2. The van der Waals surface area contributed by atoms with Gasteiger partial charge in [0.1, 0.15) is 5.75 Å². The highest BCUT2D eigenvalue weighted by molar-refractivity contribution is 6.05. The van der Waals surface area contributed by atoms with Gasteiger partial charge in [-0.2, -0.15) is 0 Å². The van der Waals surface area contributed by atoms with Crippen molar-refractivity contribution in [2.75, 3.05) is 21.2 Å². The number of hydrogen-bond donors (Lipinski definition) is 1. The minimum absolute atomic E-state index is 0.0624. The van der Waals surface area contributed by atoms with Crippen molar-refractivity contribution in [3.8, 4) is 5.75 Å². The molecule has 1 amide bonds. The lowest BCUT2D eigenvalue weighted by Crippen LogP contribution is -2.33. The second-order valence-corrected chi connectivity index (χ2v) is 8.97. The lowest BCUT2D eigenvalue weighted by molar-refractivity contribution is -0.384. The molecule has 3 rings (SSSR count). The third-order valence-corrected chi connectivity index (χ3v) is 5.66. The van der Waals surface area contributed by atoms with Crippen molar-refractivity contribution < 1.29 is 33.5 Å². The number of nitrogens with one attached hydrogen (secondary N) is 1. The summed E-state index contributed by atoms with van der Waals surface area (Å²) in [6, 6.07) is 12.1. The Morgan fingerprint density at radius 2 is 1.68 bits per heavy atom. The normalized spacial score (nSPS) is 15.1. The van der Waals surface area contributed by atoms with Gasteiger partial charge in [-0.25, -0.2) is 14.4 Å². The number of benzene rings is 2. The van der Waals surface area contributed by atoms with Crippen LogP contribution in [0.5, 0.6) is 5.75 Å². The third-order valence-electron chi connectivity index (χ3n) is 5.66. The van der Waals surface area contributed by atoms with Crippen molar-refractivity contribution in [3.63, 3.8) is 0 Å². The van der Waals surface area contributed by atoms with Crippen LogP contribution in [0.1, 0.15) is 37.8 Å². The Morgan fingerprint density at radius 1 is 1.03 bits per heavy atom. The minimum atomic E-state index is -1.03. The van der Waals surface area contributed by atoms with E-state index in [0.29, 0.717) is 22.5 Å². The summed E-state index contributed by atoms with van der Waals surface area (Å²) in [7, 11) is 4.32. The van der Waals surface area contributed by atoms with Crippen molar-refractivity contribution in [2.45, 2.75) is 32.8 Å². The van der Waals surface area contributed by atoms with E-state index in [9.17, 15) is 24.5 Å². The van der Waals surface area contributed by atoms with Gasteiger partial charge in [-0.15, -0.1) is 0 Å². The largest absolute Gasteiger partial charge is 0.466 e. The van der Waals surface area contributed by atoms with Crippen molar-refractivity contribution in [2.24, 2.45) is 0 Å². The van der Waals surface area contributed by atoms with Crippen molar-refractivity contribution >= 4 is 29.4 Å². The van der Waals surface area contributed by atoms with Crippen LogP contribution >= 0.6 is 0 Å². The van der Waals surface area contributed by atoms with Crippen molar-refractivity contribution in [1.29, 1.82) is 0 Å². The fraction of sp³-hybridized carbons (Fsp3) is 0.296. The van der Waals surface area contributed by atoms with Gasteiger partial charge in [0.05, 0.1) is 40.9 Å². The predicted octanol–water partition coefficient (Wildman–Crippen LogP) is 4.15. The molecule has 1 N–H and O–H groups in total. The number of hydrogen-bond acceptors (Lipinski definition) is 9. The molecular weight excluding hydrogens is 494 g/mol. The van der Waals surface area contributed by atoms with Crippen molar-refractivity contribution in [3.05, 3.63) is 86.6 Å². The Labute approximate surface area is 219 Å². The standard InChI is InChI=1S/C27H29N3O8/c1-15(2)37-26(32)21-16(3)28-24(17-10-12-20(13-11-17)38-27(33)29(4)5)23(25(31)36-6)22(21)18-8-7-9-19(14-18)30(34)35/h7-15,22,28H,1-6H3. The molecule has 0 saturated heterocycles. The van der Waals surface area contributed by atoms with Crippen molar-refractivity contribution in [1.82, 2.24) is 10.2 Å². The first-order chi connectivity index (χ1) is 17.9. The molecule has 1 aliphatic rings. The maximum absolute atomic E-state index is 13.2. The SMILES string of the molecule is COC(=O)C1=C(c2ccc(OC(=O)N(C)C)cc2)NC(C)=C(C(=O)OC(C)C)C1c1cccc([N+](=O)[O-])c1. The molecule has 0 fully saturated rings. The summed E-state index contributed by atoms with van der Waals surface area (Å²) >= 11 is 0. The van der Waals surface area contributed by atoms with Crippen LogP contribution < -0.4 is 10.1 Å². The zero-order valence-corrected chi connectivity index (χ0v) is 21.9. The first kappa shape index (κ1) is 27.9. The fourth-order valence-corrected chi connectivity index (χ4v) is 3.97. The molecular formula is C27H29N3O8. The number of allylic oxidation sites excluding steroid dienone is 1. The highest BCUT2D eigenvalue weighted by Gasteiger charge is 2.40. The number of nitro benzene ring substituents is 1. The number of esters is 2. The molecule has 1 atom stereocenters. The molecule has 0 saturated carbocycles. The number of amides is 1. The van der Waals surface area contributed by atoms with E-state index >= 15 is 0 Å². The molecule has 11 heteroatoms. The molecule has 200 valence electrons. The molecule has 1 unspecified atom stereocenters. The van der Waals surface area contributed by atoms with Crippen LogP contribution in [0, 0.1) is 10.1 Å². The number of carbonyl (C=O) groups is 3. The average Bonchev–Trinajstić information content (AvgIpc) is 2.87. The van der Waals surface area contributed by atoms with E-state index in [-0.39, 0.29) is 22.6 Å². The number of rotatable bonds is 7. The number of non-ortho nitro benzene ring substituents is 1. The van der Waals surface area contributed by atoms with E-state index in [4.69, 9.17) is 14.2 Å². The van der Waals surface area contributed by atoms with Crippen LogP contribution in [-0.4, -0.2) is 55.2 Å². The Hall–Kier alpha value is -4.67. The Balaban J connectivity index is 2.23. The molecule has 0 aliphatic carbocycles. The van der Waals surface area contributed by atoms with Gasteiger partial charge in [-0.05, 0) is 56.2 Å². The highest BCUT2D eigenvalue weighted by Crippen LogP contribution is 2.42. The van der Waals surface area contributed by atoms with E-state index in [1.165, 1.54) is 30.2 Å². The fourth-order valence-electron chi connectivity index (χ4n) is 3.97. The lowest BCUT2D eigenvalue weighted by Gasteiger charge is -2.32. The Kier molecular flexibility index (Phi) is 8.51. The van der Waals surface area contributed by atoms with Crippen LogP contribution in [0.3, 0.4) is 0 Å². The quantitative estimate of drug-likeness (QED) is 0.322. The summed E-state index contributed by atoms with van der Waals surface area (Å²) in [6.45, 7) is 5.04. The molecule has 2 aromatic carbocycles. The molecule has 38 heavy (non-hydrogen) atoms. The van der Waals surface area contributed by atoms with E-state index in [1.807, 2.05) is 0 Å². The van der Waals surface area contributed by atoms with Crippen LogP contribution in [0.4, 0.5) is 10.5 Å². The number of nitro groups is 1. The summed E-state index contributed by atoms with van der Waals surface area (Å²) in [5.41, 5.74) is 1.59. The van der Waals surface area contributed by atoms with E-state index in [0.717, 1.165) is 0 Å². The zero-order chi connectivity index (χ0) is 28.1. The molecule has 0 bridgehead atoms. The van der Waals surface area contributed by atoms with Crippen LogP contribution in [0.25, 0.3) is 5.70 Å². The van der Waals surface area contributed by atoms with E-state index in [2.05, 4.69) is 5.32 Å². The third kappa shape index (κ3) is 6.00. The maximum Gasteiger partial charge on any atom is 0.414 e. The van der Waals surface area contributed by atoms with Crippen LogP contribution in [0.2, 0.25) is 0 Å². The molecule has 11 nitrogen and oxygen atoms in total. The first-order valence-electron chi connectivity index (χ1n) is 11.7. The zero-order valence-electron chi connectivity index (χ0n) is 21.9. The van der Waals surface area contributed by atoms with Gasteiger partial charge in [0.25, 0.3) is 5.69 Å². The summed E-state index contributed by atoms with van der Waals surface area (Å²) in [4.78, 5) is 50.6. The lowest BCUT2D eigenvalue weighted by atomic mass is 9.79. The van der Waals surface area contributed by atoms with Gasteiger partial charge in [-0.3, -0.25) is 10.1 Å². The van der Waals surface area contributed by atoms with Gasteiger partial charge >= 0.3 is 18.0 Å². The molecule has 2 aromatic rings. The van der Waals surface area contributed by atoms with E-state index in [1.54, 1.807) is 65.2 Å². The Bertz CT molecular complexity index is 1330.